The summed E-state index contributed by atoms with van der Waals surface area (Å²) in [6.45, 7) is 2.15. The molecular formula is C11H9NO3. The highest BCUT2D eigenvalue weighted by molar-refractivity contribution is 5.60. The number of aromatic nitrogens is 1. The van der Waals surface area contributed by atoms with Gasteiger partial charge in [0.25, 0.3) is 0 Å². The molecule has 0 spiro atoms. The molecule has 76 valence electrons. The van der Waals surface area contributed by atoms with Gasteiger partial charge in [0.2, 0.25) is 12.7 Å². The predicted molar refractivity (Wildman–Crippen MR) is 52.8 cm³/mol. The smallest absolute Gasteiger partial charge is 0.231 e. The molecule has 1 aliphatic rings. The highest BCUT2D eigenvalue weighted by Crippen LogP contribution is 2.35. The second-order valence-corrected chi connectivity index (χ2v) is 3.34. The Morgan fingerprint density at radius 1 is 1.20 bits per heavy atom. The fourth-order valence-electron chi connectivity index (χ4n) is 1.52. The second-order valence-electron chi connectivity index (χ2n) is 3.34. The lowest BCUT2D eigenvalue weighted by molar-refractivity contribution is 0.174. The molecule has 0 amide bonds. The third-order valence-corrected chi connectivity index (χ3v) is 2.24. The topological polar surface area (TPSA) is 44.5 Å². The van der Waals surface area contributed by atoms with Crippen LogP contribution in [0.25, 0.3) is 11.5 Å². The zero-order valence-electron chi connectivity index (χ0n) is 8.19. The first-order valence-corrected chi connectivity index (χ1v) is 4.65. The Balaban J connectivity index is 2.06. The standard InChI is InChI=1S/C11H9NO3/c1-7-5-12-11(15-7)8-2-3-9-10(4-8)14-6-13-9/h2-5H,6H2,1H3. The van der Waals surface area contributed by atoms with E-state index in [2.05, 4.69) is 4.98 Å². The van der Waals surface area contributed by atoms with Gasteiger partial charge in [-0.15, -0.1) is 0 Å². The Morgan fingerprint density at radius 3 is 2.87 bits per heavy atom. The maximum Gasteiger partial charge on any atom is 0.231 e. The second kappa shape index (κ2) is 3.02. The number of benzene rings is 1. The van der Waals surface area contributed by atoms with Crippen molar-refractivity contribution in [3.63, 3.8) is 0 Å². The monoisotopic (exact) mass is 203 g/mol. The summed E-state index contributed by atoms with van der Waals surface area (Å²) in [5.41, 5.74) is 0.896. The molecule has 0 saturated carbocycles. The summed E-state index contributed by atoms with van der Waals surface area (Å²) in [6, 6.07) is 5.63. The molecular weight excluding hydrogens is 194 g/mol. The van der Waals surface area contributed by atoms with Crippen LogP contribution in [0.3, 0.4) is 0 Å². The molecule has 2 aromatic rings. The van der Waals surface area contributed by atoms with E-state index in [9.17, 15) is 0 Å². The number of rotatable bonds is 1. The number of ether oxygens (including phenoxy) is 2. The summed E-state index contributed by atoms with van der Waals surface area (Å²) >= 11 is 0. The normalized spacial score (nSPS) is 13.1. The van der Waals surface area contributed by atoms with Gasteiger partial charge >= 0.3 is 0 Å². The molecule has 3 rings (SSSR count). The van der Waals surface area contributed by atoms with E-state index < -0.39 is 0 Å². The molecule has 0 bridgehead atoms. The van der Waals surface area contributed by atoms with Crippen LogP contribution in [0.5, 0.6) is 11.5 Å². The molecule has 0 saturated heterocycles. The lowest BCUT2D eigenvalue weighted by atomic mass is 10.2. The largest absolute Gasteiger partial charge is 0.454 e. The van der Waals surface area contributed by atoms with Gasteiger partial charge in [-0.3, -0.25) is 0 Å². The molecule has 1 aromatic heterocycles. The van der Waals surface area contributed by atoms with Crippen LogP contribution in [0.15, 0.2) is 28.8 Å². The fourth-order valence-corrected chi connectivity index (χ4v) is 1.52. The zero-order valence-corrected chi connectivity index (χ0v) is 8.19. The van der Waals surface area contributed by atoms with Crippen LogP contribution in [0.1, 0.15) is 5.76 Å². The van der Waals surface area contributed by atoms with Crippen LogP contribution in [0, 0.1) is 6.92 Å². The highest BCUT2D eigenvalue weighted by atomic mass is 16.7. The number of hydrogen-bond donors (Lipinski definition) is 0. The van der Waals surface area contributed by atoms with Crippen molar-refractivity contribution in [2.45, 2.75) is 6.92 Å². The van der Waals surface area contributed by atoms with Crippen LogP contribution in [-0.2, 0) is 0 Å². The van der Waals surface area contributed by atoms with Crippen LogP contribution in [0.2, 0.25) is 0 Å². The van der Waals surface area contributed by atoms with Gasteiger partial charge in [0.15, 0.2) is 11.5 Å². The Kier molecular flexibility index (Phi) is 1.68. The summed E-state index contributed by atoms with van der Waals surface area (Å²) in [5, 5.41) is 0. The van der Waals surface area contributed by atoms with Gasteiger partial charge in [0.1, 0.15) is 5.76 Å². The van der Waals surface area contributed by atoms with Crippen molar-refractivity contribution in [2.24, 2.45) is 0 Å². The molecule has 0 radical (unpaired) electrons. The zero-order chi connectivity index (χ0) is 10.3. The summed E-state index contributed by atoms with van der Waals surface area (Å²) in [7, 11) is 0. The average molecular weight is 203 g/mol. The number of hydrogen-bond acceptors (Lipinski definition) is 4. The molecule has 0 aliphatic carbocycles. The van der Waals surface area contributed by atoms with Crippen LogP contribution in [0.4, 0.5) is 0 Å². The quantitative estimate of drug-likeness (QED) is 0.713. The van der Waals surface area contributed by atoms with E-state index in [-0.39, 0.29) is 6.79 Å². The van der Waals surface area contributed by atoms with E-state index in [4.69, 9.17) is 13.9 Å². The number of nitrogens with zero attached hydrogens (tertiary/aromatic N) is 1. The molecule has 2 heterocycles. The minimum Gasteiger partial charge on any atom is -0.454 e. The minimum absolute atomic E-state index is 0.281. The molecule has 0 N–H and O–H groups in total. The number of fused-ring (bicyclic) bond motifs is 1. The first-order chi connectivity index (χ1) is 7.33. The van der Waals surface area contributed by atoms with Crippen molar-refractivity contribution in [1.29, 1.82) is 0 Å². The SMILES string of the molecule is Cc1cnc(-c2ccc3c(c2)OCO3)o1. The lowest BCUT2D eigenvalue weighted by Crippen LogP contribution is -1.92. The molecule has 0 unspecified atom stereocenters. The molecule has 0 fully saturated rings. The van der Waals surface area contributed by atoms with E-state index in [0.717, 1.165) is 22.8 Å². The van der Waals surface area contributed by atoms with Crippen LogP contribution in [-0.4, -0.2) is 11.8 Å². The molecule has 15 heavy (non-hydrogen) atoms. The third kappa shape index (κ3) is 1.34. The summed E-state index contributed by atoms with van der Waals surface area (Å²) in [6.07, 6.45) is 1.69. The van der Waals surface area contributed by atoms with Crippen molar-refractivity contribution in [3.05, 3.63) is 30.2 Å². The van der Waals surface area contributed by atoms with E-state index >= 15 is 0 Å². The molecule has 1 aromatic carbocycles. The molecule has 4 heteroatoms. The minimum atomic E-state index is 0.281. The Bertz CT molecular complexity index is 504. The van der Waals surface area contributed by atoms with E-state index in [1.807, 2.05) is 25.1 Å². The van der Waals surface area contributed by atoms with Gasteiger partial charge in [-0.25, -0.2) is 4.98 Å². The molecule has 4 nitrogen and oxygen atoms in total. The molecule has 1 aliphatic heterocycles. The fraction of sp³-hybridized carbons (Fsp3) is 0.182. The van der Waals surface area contributed by atoms with Crippen molar-refractivity contribution in [2.75, 3.05) is 6.79 Å². The van der Waals surface area contributed by atoms with Crippen molar-refractivity contribution in [3.8, 4) is 23.0 Å². The van der Waals surface area contributed by atoms with Crippen molar-refractivity contribution in [1.82, 2.24) is 4.98 Å². The number of aryl methyl sites for hydroxylation is 1. The summed E-state index contributed by atoms with van der Waals surface area (Å²) < 4.78 is 15.9. The average Bonchev–Trinajstić information content (AvgIpc) is 2.84. The van der Waals surface area contributed by atoms with Crippen LogP contribution >= 0.6 is 0 Å². The first-order valence-electron chi connectivity index (χ1n) is 4.65. The maximum absolute atomic E-state index is 5.42. The van der Waals surface area contributed by atoms with E-state index in [0.29, 0.717) is 5.89 Å². The Morgan fingerprint density at radius 2 is 2.07 bits per heavy atom. The number of oxazole rings is 1. The Hall–Kier alpha value is -1.97. The van der Waals surface area contributed by atoms with Gasteiger partial charge in [0, 0.05) is 5.56 Å². The van der Waals surface area contributed by atoms with Gasteiger partial charge in [-0.2, -0.15) is 0 Å². The Labute approximate surface area is 86.5 Å². The van der Waals surface area contributed by atoms with E-state index in [1.165, 1.54) is 0 Å². The van der Waals surface area contributed by atoms with E-state index in [1.54, 1.807) is 6.20 Å². The lowest BCUT2D eigenvalue weighted by Gasteiger charge is -1.98. The van der Waals surface area contributed by atoms with Gasteiger partial charge in [-0.1, -0.05) is 0 Å². The van der Waals surface area contributed by atoms with Gasteiger partial charge < -0.3 is 13.9 Å². The van der Waals surface area contributed by atoms with Crippen LogP contribution < -0.4 is 9.47 Å². The highest BCUT2D eigenvalue weighted by Gasteiger charge is 2.15. The maximum atomic E-state index is 5.42. The van der Waals surface area contributed by atoms with Gasteiger partial charge in [-0.05, 0) is 25.1 Å². The predicted octanol–water partition coefficient (Wildman–Crippen LogP) is 2.38. The molecule has 0 atom stereocenters. The first kappa shape index (κ1) is 8.35. The third-order valence-electron chi connectivity index (χ3n) is 2.24. The van der Waals surface area contributed by atoms with Crippen molar-refractivity contribution >= 4 is 0 Å². The van der Waals surface area contributed by atoms with Crippen molar-refractivity contribution < 1.29 is 13.9 Å². The summed E-state index contributed by atoms with van der Waals surface area (Å²) in [4.78, 5) is 4.15. The summed E-state index contributed by atoms with van der Waals surface area (Å²) in [5.74, 6) is 2.90. The van der Waals surface area contributed by atoms with Gasteiger partial charge in [0.05, 0.1) is 6.20 Å².